The van der Waals surface area contributed by atoms with Crippen molar-refractivity contribution in [2.45, 2.75) is 33.7 Å². The Labute approximate surface area is 108 Å². The van der Waals surface area contributed by atoms with Gasteiger partial charge in [0.05, 0.1) is 11.9 Å². The molecule has 0 bridgehead atoms. The number of anilines is 1. The molecule has 2 heterocycles. The fourth-order valence-corrected chi connectivity index (χ4v) is 2.34. The van der Waals surface area contributed by atoms with Gasteiger partial charge in [0.25, 0.3) is 0 Å². The number of carbonyl (C=O) groups is 1. The number of aromatic nitrogens is 1. The first kappa shape index (κ1) is 13.0. The Hall–Kier alpha value is -1.42. The van der Waals surface area contributed by atoms with Crippen molar-refractivity contribution in [1.29, 1.82) is 0 Å². The van der Waals surface area contributed by atoms with E-state index in [-0.39, 0.29) is 5.91 Å². The maximum atomic E-state index is 11.0. The molecule has 0 saturated carbocycles. The molecule has 4 nitrogen and oxygen atoms in total. The van der Waals surface area contributed by atoms with E-state index in [9.17, 15) is 4.79 Å². The Kier molecular flexibility index (Phi) is 3.97. The summed E-state index contributed by atoms with van der Waals surface area (Å²) < 4.78 is 0. The smallest absolute Gasteiger partial charge is 0.221 e. The molecule has 1 aromatic heterocycles. The Morgan fingerprint density at radius 2 is 2.22 bits per heavy atom. The fourth-order valence-electron chi connectivity index (χ4n) is 2.34. The number of hydrogen-bond acceptors (Lipinski definition) is 3. The highest BCUT2D eigenvalue weighted by Gasteiger charge is 2.18. The molecule has 1 amide bonds. The van der Waals surface area contributed by atoms with E-state index in [1.807, 2.05) is 6.07 Å². The molecule has 97 valence electrons. The van der Waals surface area contributed by atoms with Crippen LogP contribution in [0.15, 0.2) is 12.3 Å². The number of hydrogen-bond donors (Lipinski definition) is 1. The number of nitrogens with zero attached hydrogens (tertiary/aromatic N) is 2. The highest BCUT2D eigenvalue weighted by atomic mass is 16.1. The van der Waals surface area contributed by atoms with Gasteiger partial charge in [-0.25, -0.2) is 0 Å². The molecule has 0 spiro atoms. The third-order valence-electron chi connectivity index (χ3n) is 2.98. The summed E-state index contributed by atoms with van der Waals surface area (Å²) in [5.74, 6) is 1.37. The van der Waals surface area contributed by atoms with Crippen LogP contribution < -0.4 is 5.32 Å². The average Bonchev–Trinajstić information content (AvgIpc) is 2.26. The van der Waals surface area contributed by atoms with Gasteiger partial charge in [-0.1, -0.05) is 13.8 Å². The second-order valence-electron chi connectivity index (χ2n) is 5.18. The van der Waals surface area contributed by atoms with Crippen molar-refractivity contribution in [2.24, 2.45) is 0 Å². The largest absolute Gasteiger partial charge is 0.325 e. The van der Waals surface area contributed by atoms with Crippen LogP contribution in [0.5, 0.6) is 0 Å². The third kappa shape index (κ3) is 3.29. The molecular formula is C14H20N3O. The molecule has 0 aromatic carbocycles. The zero-order chi connectivity index (χ0) is 13.1. The molecule has 0 saturated heterocycles. The lowest BCUT2D eigenvalue weighted by atomic mass is 10.0. The Morgan fingerprint density at radius 3 is 2.89 bits per heavy atom. The van der Waals surface area contributed by atoms with Crippen LogP contribution in [0.3, 0.4) is 0 Å². The monoisotopic (exact) mass is 246 g/mol. The van der Waals surface area contributed by atoms with Crippen LogP contribution in [0.25, 0.3) is 0 Å². The number of amides is 1. The molecular weight excluding hydrogens is 226 g/mol. The standard InChI is InChI=1S/C14H20N3O/c1-10(2)8-17-5-4-14-12(9-17)6-13(7-15-14)16-11(3)18/h6-7H,4-5,8-9H2,1-3H3,(H,16,18). The normalized spacial score (nSPS) is 15.6. The van der Waals surface area contributed by atoms with Gasteiger partial charge in [-0.15, -0.1) is 0 Å². The van der Waals surface area contributed by atoms with Crippen molar-refractivity contribution in [3.05, 3.63) is 29.4 Å². The fraction of sp³-hybridized carbons (Fsp3) is 0.500. The van der Waals surface area contributed by atoms with E-state index in [0.29, 0.717) is 0 Å². The molecule has 0 unspecified atom stereocenters. The van der Waals surface area contributed by atoms with Gasteiger partial charge in [0, 0.05) is 38.7 Å². The molecule has 18 heavy (non-hydrogen) atoms. The van der Waals surface area contributed by atoms with E-state index in [0.717, 1.165) is 37.4 Å². The summed E-state index contributed by atoms with van der Waals surface area (Å²) in [5.41, 5.74) is 3.18. The Bertz CT molecular complexity index is 443. The van der Waals surface area contributed by atoms with Gasteiger partial charge in [-0.3, -0.25) is 14.7 Å². The minimum absolute atomic E-state index is 0.0536. The molecule has 1 aliphatic heterocycles. The van der Waals surface area contributed by atoms with Gasteiger partial charge in [0.1, 0.15) is 0 Å². The van der Waals surface area contributed by atoms with Crippen molar-refractivity contribution in [3.63, 3.8) is 0 Å². The third-order valence-corrected chi connectivity index (χ3v) is 2.98. The van der Waals surface area contributed by atoms with E-state index in [1.54, 1.807) is 6.20 Å². The number of nitrogens with one attached hydrogen (secondary N) is 1. The van der Waals surface area contributed by atoms with Crippen LogP contribution in [0.2, 0.25) is 0 Å². The highest BCUT2D eigenvalue weighted by molar-refractivity contribution is 5.88. The van der Waals surface area contributed by atoms with E-state index < -0.39 is 0 Å². The van der Waals surface area contributed by atoms with Crippen LogP contribution in [0, 0.1) is 5.92 Å². The van der Waals surface area contributed by atoms with E-state index in [1.165, 1.54) is 18.4 Å². The first-order valence-electron chi connectivity index (χ1n) is 6.31. The summed E-state index contributed by atoms with van der Waals surface area (Å²) in [6.07, 6.45) is 2.73. The van der Waals surface area contributed by atoms with Crippen LogP contribution >= 0.6 is 0 Å². The first-order valence-corrected chi connectivity index (χ1v) is 6.31. The van der Waals surface area contributed by atoms with Gasteiger partial charge in [0.15, 0.2) is 0 Å². The van der Waals surface area contributed by atoms with Crippen molar-refractivity contribution < 1.29 is 4.79 Å². The Morgan fingerprint density at radius 1 is 1.44 bits per heavy atom. The first-order chi connectivity index (χ1) is 8.54. The van der Waals surface area contributed by atoms with Crippen molar-refractivity contribution in [1.82, 2.24) is 9.88 Å². The van der Waals surface area contributed by atoms with E-state index in [4.69, 9.17) is 0 Å². The van der Waals surface area contributed by atoms with Gasteiger partial charge in [0.2, 0.25) is 5.91 Å². The summed E-state index contributed by atoms with van der Waals surface area (Å²) >= 11 is 0. The maximum Gasteiger partial charge on any atom is 0.221 e. The van der Waals surface area contributed by atoms with E-state index >= 15 is 0 Å². The topological polar surface area (TPSA) is 45.2 Å². The molecule has 1 aromatic rings. The zero-order valence-corrected chi connectivity index (χ0v) is 11.3. The molecule has 0 fully saturated rings. The molecule has 1 N–H and O–H groups in total. The quantitative estimate of drug-likeness (QED) is 0.887. The molecule has 4 heteroatoms. The second kappa shape index (κ2) is 5.48. The Balaban J connectivity index is 2.11. The SMILES string of the molecule is C[C](C)CN1CCc2ncc(NC(C)=O)cc2C1. The molecule has 0 atom stereocenters. The zero-order valence-electron chi connectivity index (χ0n) is 11.3. The lowest BCUT2D eigenvalue weighted by Gasteiger charge is -2.29. The van der Waals surface area contributed by atoms with Crippen LogP contribution in [-0.4, -0.2) is 28.9 Å². The second-order valence-corrected chi connectivity index (χ2v) is 5.18. The summed E-state index contributed by atoms with van der Waals surface area (Å²) in [5, 5.41) is 2.79. The molecule has 0 aliphatic carbocycles. The summed E-state index contributed by atoms with van der Waals surface area (Å²) in [6.45, 7) is 8.83. The van der Waals surface area contributed by atoms with Crippen molar-refractivity contribution in [3.8, 4) is 0 Å². The van der Waals surface area contributed by atoms with Crippen LogP contribution in [-0.2, 0) is 17.8 Å². The number of fused-ring (bicyclic) bond motifs is 1. The number of rotatable bonds is 3. The highest BCUT2D eigenvalue weighted by Crippen LogP contribution is 2.21. The van der Waals surface area contributed by atoms with E-state index in [2.05, 4.69) is 29.0 Å². The summed E-state index contributed by atoms with van der Waals surface area (Å²) in [7, 11) is 0. The van der Waals surface area contributed by atoms with Crippen LogP contribution in [0.1, 0.15) is 32.0 Å². The van der Waals surface area contributed by atoms with Gasteiger partial charge in [-0.2, -0.15) is 0 Å². The number of carbonyl (C=O) groups excluding carboxylic acids is 1. The van der Waals surface area contributed by atoms with Crippen LogP contribution in [0.4, 0.5) is 5.69 Å². The van der Waals surface area contributed by atoms with Crippen molar-refractivity contribution in [2.75, 3.05) is 18.4 Å². The summed E-state index contributed by atoms with van der Waals surface area (Å²) in [4.78, 5) is 17.9. The minimum atomic E-state index is -0.0536. The van der Waals surface area contributed by atoms with Gasteiger partial charge >= 0.3 is 0 Å². The minimum Gasteiger partial charge on any atom is -0.325 e. The van der Waals surface area contributed by atoms with Gasteiger partial charge in [-0.05, 0) is 17.5 Å². The molecule has 1 aliphatic rings. The maximum absolute atomic E-state index is 11.0. The predicted octanol–water partition coefficient (Wildman–Crippen LogP) is 2.01. The lowest BCUT2D eigenvalue weighted by molar-refractivity contribution is -0.114. The molecule has 1 radical (unpaired) electrons. The van der Waals surface area contributed by atoms with Gasteiger partial charge < -0.3 is 5.32 Å². The predicted molar refractivity (Wildman–Crippen MR) is 72.1 cm³/mol. The summed E-state index contributed by atoms with van der Waals surface area (Å²) in [6, 6.07) is 2.04. The lowest BCUT2D eigenvalue weighted by Crippen LogP contribution is -2.33. The van der Waals surface area contributed by atoms with Crippen molar-refractivity contribution >= 4 is 11.6 Å². The number of pyridine rings is 1. The molecule has 2 rings (SSSR count). The average molecular weight is 246 g/mol.